The first-order valence-corrected chi connectivity index (χ1v) is 13.0. The van der Waals surface area contributed by atoms with Gasteiger partial charge in [0.25, 0.3) is 15.9 Å². The number of pyridine rings is 1. The molecule has 1 aliphatic carbocycles. The summed E-state index contributed by atoms with van der Waals surface area (Å²) in [5.74, 6) is 0.354. The maximum atomic E-state index is 13.5. The van der Waals surface area contributed by atoms with E-state index in [1.165, 1.54) is 15.6 Å². The van der Waals surface area contributed by atoms with Gasteiger partial charge in [-0.3, -0.25) is 4.79 Å². The molecule has 0 N–H and O–H groups in total. The summed E-state index contributed by atoms with van der Waals surface area (Å²) in [6, 6.07) is 5.29. The van der Waals surface area contributed by atoms with Crippen LogP contribution in [0.15, 0.2) is 34.0 Å². The minimum atomic E-state index is -3.49. The Morgan fingerprint density at radius 1 is 1.23 bits per heavy atom. The zero-order valence-corrected chi connectivity index (χ0v) is 19.0. The van der Waals surface area contributed by atoms with Gasteiger partial charge in [0.05, 0.1) is 17.1 Å². The summed E-state index contributed by atoms with van der Waals surface area (Å²) in [4.78, 5) is 20.0. The monoisotopic (exact) mass is 459 g/mol. The smallest absolute Gasteiger partial charge is 0.254 e. The number of hydrogen-bond donors (Lipinski definition) is 0. The third kappa shape index (κ3) is 3.77. The Hall–Kier alpha value is -2.30. The fourth-order valence-corrected chi connectivity index (χ4v) is 6.61. The molecule has 1 amide bonds. The van der Waals surface area contributed by atoms with Gasteiger partial charge in [-0.2, -0.15) is 9.40 Å². The van der Waals surface area contributed by atoms with Gasteiger partial charge in [0.15, 0.2) is 5.65 Å². The average molecular weight is 460 g/mol. The lowest BCUT2D eigenvalue weighted by atomic mass is 10.1. The van der Waals surface area contributed by atoms with Crippen LogP contribution >= 0.6 is 11.3 Å². The number of amides is 1. The number of sulfonamides is 1. The van der Waals surface area contributed by atoms with Crippen molar-refractivity contribution in [2.75, 3.05) is 26.2 Å². The van der Waals surface area contributed by atoms with Crippen molar-refractivity contribution in [2.45, 2.75) is 42.9 Å². The highest BCUT2D eigenvalue weighted by Crippen LogP contribution is 2.40. The molecular weight excluding hydrogens is 434 g/mol. The predicted molar refractivity (Wildman–Crippen MR) is 119 cm³/mol. The standard InChI is InChI=1S/C21H25N5O3S2/c1-2-7-26-20-17(14-22-26)16(13-18(23-20)15-5-6-15)21(27)24-8-10-25(11-9-24)31(28,29)19-4-3-12-30-19/h3-4,12-15H,2,5-11H2,1H3. The first-order valence-electron chi connectivity index (χ1n) is 10.7. The molecule has 1 aliphatic heterocycles. The molecule has 5 rings (SSSR count). The second-order valence-electron chi connectivity index (χ2n) is 8.10. The van der Waals surface area contributed by atoms with Gasteiger partial charge >= 0.3 is 0 Å². The number of aromatic nitrogens is 3. The second kappa shape index (κ2) is 7.99. The highest BCUT2D eigenvalue weighted by Gasteiger charge is 2.33. The molecular formula is C21H25N5O3S2. The van der Waals surface area contributed by atoms with Crippen molar-refractivity contribution in [3.8, 4) is 0 Å². The number of hydrogen-bond acceptors (Lipinski definition) is 6. The summed E-state index contributed by atoms with van der Waals surface area (Å²) in [6.07, 6.45) is 4.89. The molecule has 3 aromatic heterocycles. The minimum absolute atomic E-state index is 0.0708. The largest absolute Gasteiger partial charge is 0.336 e. The van der Waals surface area contributed by atoms with Crippen molar-refractivity contribution in [1.29, 1.82) is 0 Å². The molecule has 0 aromatic carbocycles. The van der Waals surface area contributed by atoms with Crippen LogP contribution in [0.4, 0.5) is 0 Å². The zero-order valence-electron chi connectivity index (χ0n) is 17.4. The lowest BCUT2D eigenvalue weighted by Gasteiger charge is -2.33. The van der Waals surface area contributed by atoms with Crippen LogP contribution in [0, 0.1) is 0 Å². The second-order valence-corrected chi connectivity index (χ2v) is 11.2. The molecule has 3 aromatic rings. The van der Waals surface area contributed by atoms with Gasteiger partial charge in [0.1, 0.15) is 4.21 Å². The number of aryl methyl sites for hydroxylation is 1. The molecule has 1 saturated heterocycles. The number of rotatable bonds is 6. The van der Waals surface area contributed by atoms with E-state index in [4.69, 9.17) is 4.98 Å². The van der Waals surface area contributed by atoms with Crippen molar-refractivity contribution in [2.24, 2.45) is 0 Å². The summed E-state index contributed by atoms with van der Waals surface area (Å²) in [7, 11) is -3.49. The van der Waals surface area contributed by atoms with Crippen LogP contribution in [-0.4, -0.2) is 64.5 Å². The summed E-state index contributed by atoms with van der Waals surface area (Å²) in [5.41, 5.74) is 2.37. The molecule has 2 fully saturated rings. The predicted octanol–water partition coefficient (Wildman–Crippen LogP) is 2.93. The van der Waals surface area contributed by atoms with Crippen LogP contribution in [0.2, 0.25) is 0 Å². The molecule has 10 heteroatoms. The molecule has 31 heavy (non-hydrogen) atoms. The van der Waals surface area contributed by atoms with E-state index in [9.17, 15) is 13.2 Å². The molecule has 0 spiro atoms. The van der Waals surface area contributed by atoms with E-state index in [1.54, 1.807) is 28.6 Å². The van der Waals surface area contributed by atoms with Gasteiger partial charge in [-0.15, -0.1) is 11.3 Å². The maximum absolute atomic E-state index is 13.5. The van der Waals surface area contributed by atoms with Crippen LogP contribution < -0.4 is 0 Å². The Morgan fingerprint density at radius 3 is 2.65 bits per heavy atom. The first kappa shape index (κ1) is 20.6. The van der Waals surface area contributed by atoms with Crippen molar-refractivity contribution in [1.82, 2.24) is 24.0 Å². The Balaban J connectivity index is 1.40. The Labute approximate surface area is 185 Å². The number of piperazine rings is 1. The molecule has 0 bridgehead atoms. The number of carbonyl (C=O) groups excluding carboxylic acids is 1. The van der Waals surface area contributed by atoms with Crippen LogP contribution in [0.5, 0.6) is 0 Å². The van der Waals surface area contributed by atoms with Crippen LogP contribution in [-0.2, 0) is 16.6 Å². The summed E-state index contributed by atoms with van der Waals surface area (Å²) in [6.45, 7) is 4.19. The lowest BCUT2D eigenvalue weighted by molar-refractivity contribution is 0.0700. The van der Waals surface area contributed by atoms with Crippen molar-refractivity contribution in [3.63, 3.8) is 0 Å². The van der Waals surface area contributed by atoms with Crippen molar-refractivity contribution < 1.29 is 13.2 Å². The van der Waals surface area contributed by atoms with Gasteiger partial charge in [0, 0.05) is 44.3 Å². The number of thiophene rings is 1. The SMILES string of the molecule is CCCn1ncc2c(C(=O)N3CCN(S(=O)(=O)c4cccs4)CC3)cc(C3CC3)nc21. The summed E-state index contributed by atoms with van der Waals surface area (Å²) < 4.78 is 29.2. The topological polar surface area (TPSA) is 88.4 Å². The molecule has 2 aliphatic rings. The van der Waals surface area contributed by atoms with E-state index in [1.807, 2.05) is 10.7 Å². The molecule has 0 radical (unpaired) electrons. The molecule has 0 atom stereocenters. The Kier molecular flexibility index (Phi) is 5.31. The summed E-state index contributed by atoms with van der Waals surface area (Å²) in [5, 5.41) is 7.00. The molecule has 8 nitrogen and oxygen atoms in total. The van der Waals surface area contributed by atoms with Gasteiger partial charge in [-0.05, 0) is 36.8 Å². The van der Waals surface area contributed by atoms with Gasteiger partial charge in [-0.1, -0.05) is 13.0 Å². The highest BCUT2D eigenvalue weighted by molar-refractivity contribution is 7.91. The van der Waals surface area contributed by atoms with Crippen molar-refractivity contribution in [3.05, 3.63) is 41.0 Å². The van der Waals surface area contributed by atoms with Gasteiger partial charge in [0.2, 0.25) is 0 Å². The van der Waals surface area contributed by atoms with Gasteiger partial charge < -0.3 is 4.90 Å². The Bertz CT molecular complexity index is 1210. The summed E-state index contributed by atoms with van der Waals surface area (Å²) >= 11 is 1.22. The Morgan fingerprint density at radius 2 is 2.00 bits per heavy atom. The highest BCUT2D eigenvalue weighted by atomic mass is 32.2. The fourth-order valence-electron chi connectivity index (χ4n) is 4.05. The fraction of sp³-hybridized carbons (Fsp3) is 0.476. The third-order valence-electron chi connectivity index (χ3n) is 5.91. The van der Waals surface area contributed by atoms with Crippen LogP contribution in [0.1, 0.15) is 48.2 Å². The molecule has 164 valence electrons. The van der Waals surface area contributed by atoms with E-state index in [0.29, 0.717) is 41.9 Å². The normalized spacial score (nSPS) is 18.0. The number of carbonyl (C=O) groups is 1. The van der Waals surface area contributed by atoms with E-state index in [0.717, 1.165) is 42.5 Å². The van der Waals surface area contributed by atoms with Gasteiger partial charge in [-0.25, -0.2) is 18.1 Å². The average Bonchev–Trinajstić information content (AvgIpc) is 3.31. The molecule has 0 unspecified atom stereocenters. The molecule has 4 heterocycles. The van der Waals surface area contributed by atoms with Crippen LogP contribution in [0.3, 0.4) is 0 Å². The van der Waals surface area contributed by atoms with E-state index in [-0.39, 0.29) is 5.91 Å². The third-order valence-corrected chi connectivity index (χ3v) is 9.18. The van der Waals surface area contributed by atoms with E-state index in [2.05, 4.69) is 12.0 Å². The maximum Gasteiger partial charge on any atom is 0.254 e. The number of fused-ring (bicyclic) bond motifs is 1. The number of nitrogens with zero attached hydrogens (tertiary/aromatic N) is 5. The quantitative estimate of drug-likeness (QED) is 0.566. The zero-order chi connectivity index (χ0) is 21.6. The first-order chi connectivity index (χ1) is 15.0. The molecule has 1 saturated carbocycles. The van der Waals surface area contributed by atoms with E-state index < -0.39 is 10.0 Å². The van der Waals surface area contributed by atoms with E-state index >= 15 is 0 Å². The lowest BCUT2D eigenvalue weighted by Crippen LogP contribution is -2.50. The van der Waals surface area contributed by atoms with Crippen molar-refractivity contribution >= 4 is 38.3 Å². The van der Waals surface area contributed by atoms with Crippen LogP contribution in [0.25, 0.3) is 11.0 Å². The minimum Gasteiger partial charge on any atom is -0.336 e.